The van der Waals surface area contributed by atoms with Crippen molar-refractivity contribution >= 4 is 0 Å². The van der Waals surface area contributed by atoms with E-state index in [4.69, 9.17) is 0 Å². The second-order valence-electron chi connectivity index (χ2n) is 24.6. The summed E-state index contributed by atoms with van der Waals surface area (Å²) in [6, 6.07) is 48.5. The Kier molecular flexibility index (Phi) is 31.0. The van der Waals surface area contributed by atoms with E-state index in [-0.39, 0.29) is 0 Å². The second-order valence-corrected chi connectivity index (χ2v) is 24.6. The Morgan fingerprint density at radius 1 is 0.162 bits per heavy atom. The molecule has 0 radical (unpaired) electrons. The van der Waals surface area contributed by atoms with E-state index < -0.39 is 0 Å². The van der Waals surface area contributed by atoms with Gasteiger partial charge in [0.05, 0.1) is 0 Å². The van der Waals surface area contributed by atoms with E-state index in [1.807, 2.05) is 0 Å². The quantitative estimate of drug-likeness (QED) is 0.115. The molecule has 6 rings (SSSR count). The van der Waals surface area contributed by atoms with Gasteiger partial charge in [0.2, 0.25) is 0 Å². The molecule has 0 aromatic heterocycles. The molecule has 0 heteroatoms. The van der Waals surface area contributed by atoms with Crippen LogP contribution in [0.3, 0.4) is 0 Å². The Labute approximate surface area is 460 Å². The van der Waals surface area contributed by atoms with Gasteiger partial charge >= 0.3 is 0 Å². The van der Waals surface area contributed by atoms with E-state index in [0.29, 0.717) is 71.0 Å². The number of hydrogen-bond donors (Lipinski definition) is 0. The Balaban J connectivity index is 0.000000444. The molecule has 0 aliphatic heterocycles. The predicted octanol–water partition coefficient (Wildman–Crippen LogP) is 24.2. The van der Waals surface area contributed by atoms with Crippen molar-refractivity contribution in [2.75, 3.05) is 0 Å². The third-order valence-electron chi connectivity index (χ3n) is 13.9. The highest BCUT2D eigenvalue weighted by Gasteiger charge is 2.13. The van der Waals surface area contributed by atoms with Crippen molar-refractivity contribution in [2.24, 2.45) is 0 Å². The summed E-state index contributed by atoms with van der Waals surface area (Å²) in [6.45, 7) is 58.4. The Bertz CT molecular complexity index is 2050. The minimum absolute atomic E-state index is 0.636. The first-order chi connectivity index (χ1) is 34.5. The van der Waals surface area contributed by atoms with Crippen molar-refractivity contribution < 1.29 is 0 Å². The highest BCUT2D eigenvalue weighted by Crippen LogP contribution is 2.31. The van der Waals surface area contributed by atoms with Gasteiger partial charge in [-0.2, -0.15) is 0 Å². The first kappa shape index (κ1) is 67.3. The van der Waals surface area contributed by atoms with Crippen LogP contribution in [0.5, 0.6) is 0 Å². The van der Waals surface area contributed by atoms with Crippen molar-refractivity contribution in [3.05, 3.63) is 211 Å². The van der Waals surface area contributed by atoms with E-state index >= 15 is 0 Å². The van der Waals surface area contributed by atoms with Crippen LogP contribution in [0.25, 0.3) is 0 Å². The predicted molar refractivity (Wildman–Crippen MR) is 337 cm³/mol. The number of hydrogen-bond acceptors (Lipinski definition) is 0. The average Bonchev–Trinajstić information content (AvgIpc) is 3.34. The number of benzene rings is 6. The monoisotopic (exact) mass is 1000 g/mol. The number of aryl methyl sites for hydroxylation is 2. The molecule has 6 aromatic rings. The molecule has 0 unspecified atom stereocenters. The smallest absolute Gasteiger partial charge is 0.0216 e. The van der Waals surface area contributed by atoms with Gasteiger partial charge in [0, 0.05) is 0 Å². The molecule has 0 fully saturated rings. The van der Waals surface area contributed by atoms with Crippen molar-refractivity contribution in [3.8, 4) is 0 Å². The molecule has 0 N–H and O–H groups in total. The summed E-state index contributed by atoms with van der Waals surface area (Å²) in [5.41, 5.74) is 20.7. The van der Waals surface area contributed by atoms with E-state index in [9.17, 15) is 0 Å². The molecule has 6 aromatic carbocycles. The molecule has 0 atom stereocenters. The van der Waals surface area contributed by atoms with Crippen molar-refractivity contribution in [1.82, 2.24) is 0 Å². The summed E-state index contributed by atoms with van der Waals surface area (Å²) in [4.78, 5) is 0. The minimum atomic E-state index is 0.636. The van der Waals surface area contributed by atoms with Gasteiger partial charge < -0.3 is 0 Å². The van der Waals surface area contributed by atoms with Crippen LogP contribution in [0.1, 0.15) is 315 Å². The largest absolute Gasteiger partial charge is 0.0620 e. The molecule has 0 bridgehead atoms. The fourth-order valence-electron chi connectivity index (χ4n) is 9.69. The van der Waals surface area contributed by atoms with Crippen LogP contribution in [0.4, 0.5) is 0 Å². The molecular formula is C74H112. The molecule has 0 saturated heterocycles. The lowest BCUT2D eigenvalue weighted by Gasteiger charge is -2.16. The fraction of sp³-hybridized carbons (Fsp3) is 0.514. The first-order valence-corrected chi connectivity index (χ1v) is 29.1. The maximum atomic E-state index is 2.32. The van der Waals surface area contributed by atoms with Gasteiger partial charge in [-0.15, -0.1) is 0 Å². The van der Waals surface area contributed by atoms with Gasteiger partial charge in [0.15, 0.2) is 0 Å². The topological polar surface area (TPSA) is 0 Å². The molecular weight excluding hydrogens is 889 g/mol. The SMILES string of the molecule is CC(C)c1ccccc1C(C)C.CC(C)c1ccccc1C(C)C.CC(C)c1ccccc1C(C)C.CC(C)c1ccccc1C(C)C.Cc1ccc(C(C)C)c(C(C)C)c1.Cc1ccc(C(C)C)c(C(C)C)c1. The number of rotatable bonds is 12. The molecule has 0 saturated carbocycles. The highest BCUT2D eigenvalue weighted by atomic mass is 14.2. The molecule has 0 nitrogen and oxygen atoms in total. The van der Waals surface area contributed by atoms with Crippen molar-refractivity contribution in [2.45, 2.75) is 251 Å². The Morgan fingerprint density at radius 3 is 0.405 bits per heavy atom. The third-order valence-corrected chi connectivity index (χ3v) is 13.9. The summed E-state index contributed by atoms with van der Waals surface area (Å²) in [6.07, 6.45) is 0. The molecule has 0 aliphatic carbocycles. The molecule has 0 amide bonds. The van der Waals surface area contributed by atoms with Crippen LogP contribution in [0.2, 0.25) is 0 Å². The van der Waals surface area contributed by atoms with Crippen LogP contribution >= 0.6 is 0 Å². The van der Waals surface area contributed by atoms with Gasteiger partial charge in [0.25, 0.3) is 0 Å². The summed E-state index contributed by atoms with van der Waals surface area (Å²) >= 11 is 0. The van der Waals surface area contributed by atoms with Gasteiger partial charge in [-0.1, -0.05) is 311 Å². The normalized spacial score (nSPS) is 11.2. The standard InChI is InChI=1S/2C13H20.4C12H18/c2*1-9(2)12-7-6-11(5)8-13(12)10(3)4;4*1-9(2)11-7-5-6-8-12(11)10(3)4/h2*6-10H,1-5H3;4*5-10H,1-4H3. The highest BCUT2D eigenvalue weighted by molar-refractivity contribution is 5.38. The molecule has 0 heterocycles. The summed E-state index contributed by atoms with van der Waals surface area (Å²) in [5.74, 6) is 7.68. The Morgan fingerprint density at radius 2 is 0.284 bits per heavy atom. The molecule has 408 valence electrons. The average molecular weight is 1000 g/mol. The van der Waals surface area contributed by atoms with E-state index in [1.165, 1.54) is 77.9 Å². The van der Waals surface area contributed by atoms with E-state index in [0.717, 1.165) is 0 Å². The van der Waals surface area contributed by atoms with Crippen molar-refractivity contribution in [1.29, 1.82) is 0 Å². The maximum absolute atomic E-state index is 2.32. The van der Waals surface area contributed by atoms with Crippen LogP contribution in [0, 0.1) is 13.8 Å². The van der Waals surface area contributed by atoms with Crippen LogP contribution in [0.15, 0.2) is 133 Å². The van der Waals surface area contributed by atoms with Gasteiger partial charge in [-0.25, -0.2) is 0 Å². The zero-order valence-electron chi connectivity index (χ0n) is 52.6. The minimum Gasteiger partial charge on any atom is -0.0620 e. The molecule has 0 aliphatic rings. The fourth-order valence-corrected chi connectivity index (χ4v) is 9.69. The first-order valence-electron chi connectivity index (χ1n) is 29.1. The van der Waals surface area contributed by atoms with Crippen LogP contribution in [-0.2, 0) is 0 Å². The summed E-state index contributed by atoms with van der Waals surface area (Å²) in [5, 5.41) is 0. The van der Waals surface area contributed by atoms with Gasteiger partial charge in [-0.3, -0.25) is 0 Å². The lowest BCUT2D eigenvalue weighted by Crippen LogP contribution is -1.98. The molecule has 0 spiro atoms. The molecule has 74 heavy (non-hydrogen) atoms. The van der Waals surface area contributed by atoms with E-state index in [1.54, 1.807) is 0 Å². The Hall–Kier alpha value is -4.68. The zero-order chi connectivity index (χ0) is 56.6. The lowest BCUT2D eigenvalue weighted by atomic mass is 9.89. The summed E-state index contributed by atoms with van der Waals surface area (Å²) in [7, 11) is 0. The maximum Gasteiger partial charge on any atom is -0.0216 e. The second kappa shape index (κ2) is 34.1. The van der Waals surface area contributed by atoms with Crippen molar-refractivity contribution in [3.63, 3.8) is 0 Å². The van der Waals surface area contributed by atoms with Gasteiger partial charge in [0.1, 0.15) is 0 Å². The van der Waals surface area contributed by atoms with Gasteiger partial charge in [-0.05, 0) is 152 Å². The third kappa shape index (κ3) is 23.1. The van der Waals surface area contributed by atoms with Crippen LogP contribution in [-0.4, -0.2) is 0 Å². The lowest BCUT2D eigenvalue weighted by molar-refractivity contribution is 0.789. The van der Waals surface area contributed by atoms with Crippen LogP contribution < -0.4 is 0 Å². The zero-order valence-corrected chi connectivity index (χ0v) is 52.6. The summed E-state index contributed by atoms with van der Waals surface area (Å²) < 4.78 is 0. The van der Waals surface area contributed by atoms with E-state index in [2.05, 4.69) is 313 Å².